The number of nitrogens with zero attached hydrogens (tertiary/aromatic N) is 2. The molecule has 8 heteroatoms. The number of carboxylic acid groups (broad SMARTS) is 1. The normalized spacial score (nSPS) is 10.6. The standard InChI is InChI=1S/C10H8BrN5O2/c11-6-3-5(10(17)18)1-2-7(6)15-16-8(4-12)9(13)14/h1-3,15H,(H3,13,14)(H,17,18)/b16-8+. The molecule has 1 rings (SSSR count). The highest BCUT2D eigenvalue weighted by Crippen LogP contribution is 2.23. The number of anilines is 1. The number of nitriles is 1. The van der Waals surface area contributed by atoms with E-state index in [1.807, 2.05) is 0 Å². The van der Waals surface area contributed by atoms with E-state index in [9.17, 15) is 4.79 Å². The number of hydrogen-bond donors (Lipinski definition) is 4. The van der Waals surface area contributed by atoms with Gasteiger partial charge in [0.25, 0.3) is 0 Å². The van der Waals surface area contributed by atoms with Crippen LogP contribution in [0.1, 0.15) is 10.4 Å². The van der Waals surface area contributed by atoms with E-state index >= 15 is 0 Å². The summed E-state index contributed by atoms with van der Waals surface area (Å²) < 4.78 is 0.465. The Labute approximate surface area is 111 Å². The third kappa shape index (κ3) is 3.29. The molecule has 0 unspecified atom stereocenters. The van der Waals surface area contributed by atoms with Gasteiger partial charge in [-0.1, -0.05) is 0 Å². The number of carboxylic acids is 1. The first kappa shape index (κ1) is 13.7. The van der Waals surface area contributed by atoms with E-state index in [2.05, 4.69) is 26.5 Å². The number of hydrogen-bond acceptors (Lipinski definition) is 5. The number of halogens is 1. The van der Waals surface area contributed by atoms with E-state index in [1.54, 1.807) is 6.07 Å². The highest BCUT2D eigenvalue weighted by Gasteiger charge is 2.07. The zero-order valence-electron chi connectivity index (χ0n) is 8.94. The van der Waals surface area contributed by atoms with E-state index in [4.69, 9.17) is 21.5 Å². The summed E-state index contributed by atoms with van der Waals surface area (Å²) in [6, 6.07) is 5.90. The van der Waals surface area contributed by atoms with Gasteiger partial charge < -0.3 is 10.8 Å². The molecule has 0 aliphatic heterocycles. The molecule has 1 aromatic rings. The number of carbonyl (C=O) groups is 1. The molecule has 0 saturated heterocycles. The molecule has 7 nitrogen and oxygen atoms in total. The highest BCUT2D eigenvalue weighted by molar-refractivity contribution is 9.10. The van der Waals surface area contributed by atoms with Gasteiger partial charge in [0, 0.05) is 4.47 Å². The van der Waals surface area contributed by atoms with Crippen molar-refractivity contribution in [2.75, 3.05) is 5.43 Å². The van der Waals surface area contributed by atoms with Gasteiger partial charge in [-0.05, 0) is 34.1 Å². The lowest BCUT2D eigenvalue weighted by Gasteiger charge is -2.05. The quantitative estimate of drug-likeness (QED) is 0.378. The SMILES string of the molecule is N#C/C(=N\Nc1ccc(C(=O)O)cc1Br)C(=N)N. The van der Waals surface area contributed by atoms with Crippen molar-refractivity contribution in [2.24, 2.45) is 10.8 Å². The summed E-state index contributed by atoms with van der Waals surface area (Å²) in [5.41, 5.74) is 7.94. The molecule has 0 aromatic heterocycles. The van der Waals surface area contributed by atoms with Gasteiger partial charge in [-0.3, -0.25) is 10.8 Å². The zero-order chi connectivity index (χ0) is 13.7. The first-order valence-electron chi connectivity index (χ1n) is 4.56. The summed E-state index contributed by atoms with van der Waals surface area (Å²) in [4.78, 5) is 10.7. The summed E-state index contributed by atoms with van der Waals surface area (Å²) in [5.74, 6) is -1.50. The fourth-order valence-electron chi connectivity index (χ4n) is 1.00. The van der Waals surface area contributed by atoms with E-state index in [0.717, 1.165) is 0 Å². The van der Waals surface area contributed by atoms with Crippen molar-refractivity contribution >= 4 is 39.1 Å². The Kier molecular flexibility index (Phi) is 4.39. The van der Waals surface area contributed by atoms with Gasteiger partial charge in [0.2, 0.25) is 5.71 Å². The Morgan fingerprint density at radius 2 is 2.28 bits per heavy atom. The lowest BCUT2D eigenvalue weighted by molar-refractivity contribution is 0.0697. The molecular formula is C10H8BrN5O2. The lowest BCUT2D eigenvalue weighted by atomic mass is 10.2. The minimum Gasteiger partial charge on any atom is -0.478 e. The molecule has 0 amide bonds. The number of amidine groups is 1. The fraction of sp³-hybridized carbons (Fsp3) is 0. The molecule has 0 aliphatic carbocycles. The minimum absolute atomic E-state index is 0.114. The molecule has 18 heavy (non-hydrogen) atoms. The average Bonchev–Trinajstić information content (AvgIpc) is 2.30. The van der Waals surface area contributed by atoms with Crippen LogP contribution in [0.15, 0.2) is 27.8 Å². The van der Waals surface area contributed by atoms with Gasteiger partial charge in [0.15, 0.2) is 5.84 Å². The van der Waals surface area contributed by atoms with Crippen LogP contribution in [0.4, 0.5) is 5.69 Å². The van der Waals surface area contributed by atoms with Crippen LogP contribution in [0.25, 0.3) is 0 Å². The van der Waals surface area contributed by atoms with Crippen molar-refractivity contribution < 1.29 is 9.90 Å². The predicted octanol–water partition coefficient (Wildman–Crippen LogP) is 1.37. The Balaban J connectivity index is 2.97. The zero-order valence-corrected chi connectivity index (χ0v) is 10.5. The van der Waals surface area contributed by atoms with E-state index < -0.39 is 11.8 Å². The third-order valence-electron chi connectivity index (χ3n) is 1.87. The monoisotopic (exact) mass is 309 g/mol. The molecule has 5 N–H and O–H groups in total. The molecule has 0 bridgehead atoms. The molecule has 0 radical (unpaired) electrons. The molecule has 0 atom stereocenters. The van der Waals surface area contributed by atoms with E-state index in [-0.39, 0.29) is 11.3 Å². The van der Waals surface area contributed by atoms with Crippen LogP contribution >= 0.6 is 15.9 Å². The summed E-state index contributed by atoms with van der Waals surface area (Å²) >= 11 is 3.16. The topological polar surface area (TPSA) is 135 Å². The van der Waals surface area contributed by atoms with Gasteiger partial charge in [0.05, 0.1) is 11.3 Å². The van der Waals surface area contributed by atoms with E-state index in [1.165, 1.54) is 18.2 Å². The summed E-state index contributed by atoms with van der Waals surface area (Å²) in [7, 11) is 0. The van der Waals surface area contributed by atoms with Gasteiger partial charge in [-0.15, -0.1) is 0 Å². The predicted molar refractivity (Wildman–Crippen MR) is 69.7 cm³/mol. The number of aromatic carboxylic acids is 1. The second-order valence-corrected chi connectivity index (χ2v) is 3.95. The maximum Gasteiger partial charge on any atom is 0.335 e. The highest BCUT2D eigenvalue weighted by atomic mass is 79.9. The molecular weight excluding hydrogens is 302 g/mol. The molecule has 0 fully saturated rings. The van der Waals surface area contributed by atoms with Crippen LogP contribution in [0.2, 0.25) is 0 Å². The second kappa shape index (κ2) is 5.79. The van der Waals surface area contributed by atoms with E-state index in [0.29, 0.717) is 10.2 Å². The van der Waals surface area contributed by atoms with Crippen molar-refractivity contribution in [2.45, 2.75) is 0 Å². The van der Waals surface area contributed by atoms with Crippen LogP contribution < -0.4 is 11.2 Å². The molecule has 0 spiro atoms. The first-order chi connectivity index (χ1) is 8.45. The summed E-state index contributed by atoms with van der Waals surface area (Å²) in [6.07, 6.45) is 0. The molecule has 1 aromatic carbocycles. The van der Waals surface area contributed by atoms with Crippen LogP contribution in [-0.4, -0.2) is 22.6 Å². The third-order valence-corrected chi connectivity index (χ3v) is 2.52. The number of nitrogens with one attached hydrogen (secondary N) is 2. The fourth-order valence-corrected chi connectivity index (χ4v) is 1.47. The number of hydrazone groups is 1. The van der Waals surface area contributed by atoms with Gasteiger partial charge in [-0.2, -0.15) is 10.4 Å². The Hall–Kier alpha value is -2.40. The summed E-state index contributed by atoms with van der Waals surface area (Å²) in [5, 5.41) is 28.1. The molecule has 0 heterocycles. The minimum atomic E-state index is -1.05. The summed E-state index contributed by atoms with van der Waals surface area (Å²) in [6.45, 7) is 0. The largest absolute Gasteiger partial charge is 0.478 e. The molecule has 0 aliphatic rings. The Morgan fingerprint density at radius 3 is 2.72 bits per heavy atom. The van der Waals surface area contributed by atoms with Crippen molar-refractivity contribution in [1.29, 1.82) is 10.7 Å². The lowest BCUT2D eigenvalue weighted by Crippen LogP contribution is -2.21. The average molecular weight is 310 g/mol. The van der Waals surface area contributed by atoms with Gasteiger partial charge >= 0.3 is 5.97 Å². The smallest absolute Gasteiger partial charge is 0.335 e. The number of benzene rings is 1. The van der Waals surface area contributed by atoms with Crippen molar-refractivity contribution in [3.63, 3.8) is 0 Å². The van der Waals surface area contributed by atoms with Gasteiger partial charge in [0.1, 0.15) is 6.07 Å². The second-order valence-electron chi connectivity index (χ2n) is 3.10. The Bertz CT molecular complexity index is 576. The maximum absolute atomic E-state index is 10.7. The van der Waals surface area contributed by atoms with Crippen molar-refractivity contribution in [3.05, 3.63) is 28.2 Å². The van der Waals surface area contributed by atoms with Gasteiger partial charge in [-0.25, -0.2) is 4.79 Å². The molecule has 0 saturated carbocycles. The number of rotatable bonds is 4. The molecule has 92 valence electrons. The Morgan fingerprint density at radius 1 is 1.61 bits per heavy atom. The number of nitrogens with two attached hydrogens (primary N) is 1. The first-order valence-corrected chi connectivity index (χ1v) is 5.36. The van der Waals surface area contributed by atoms with Crippen LogP contribution in [-0.2, 0) is 0 Å². The van der Waals surface area contributed by atoms with Crippen LogP contribution in [0.3, 0.4) is 0 Å². The van der Waals surface area contributed by atoms with Crippen LogP contribution in [0, 0.1) is 16.7 Å². The van der Waals surface area contributed by atoms with Crippen molar-refractivity contribution in [3.8, 4) is 6.07 Å². The maximum atomic E-state index is 10.7. The van der Waals surface area contributed by atoms with Crippen molar-refractivity contribution in [1.82, 2.24) is 0 Å². The van der Waals surface area contributed by atoms with Crippen LogP contribution in [0.5, 0.6) is 0 Å².